The van der Waals surface area contributed by atoms with Gasteiger partial charge in [-0.25, -0.2) is 0 Å². The van der Waals surface area contributed by atoms with Crippen LogP contribution in [0.2, 0.25) is 0 Å². The van der Waals surface area contributed by atoms with E-state index in [0.29, 0.717) is 5.56 Å². The van der Waals surface area contributed by atoms with Crippen molar-refractivity contribution in [2.24, 2.45) is 0 Å². The molecule has 0 aliphatic carbocycles. The van der Waals surface area contributed by atoms with Gasteiger partial charge in [0, 0.05) is 5.56 Å². The predicted molar refractivity (Wildman–Crippen MR) is 66.3 cm³/mol. The SMILES string of the molecule is C#CC(C)(C)NC(=O)c1ccc(C)cc1C. The van der Waals surface area contributed by atoms with Crippen LogP contribution in [0.15, 0.2) is 18.2 Å². The van der Waals surface area contributed by atoms with Crippen LogP contribution >= 0.6 is 0 Å². The molecule has 0 heterocycles. The smallest absolute Gasteiger partial charge is 0.252 e. The largest absolute Gasteiger partial charge is 0.336 e. The van der Waals surface area contributed by atoms with Gasteiger partial charge in [0.1, 0.15) is 0 Å². The Hall–Kier alpha value is -1.75. The zero-order chi connectivity index (χ0) is 12.3. The first kappa shape index (κ1) is 12.3. The fourth-order valence-corrected chi connectivity index (χ4v) is 1.46. The zero-order valence-electron chi connectivity index (χ0n) is 10.2. The lowest BCUT2D eigenvalue weighted by Gasteiger charge is -2.20. The Labute approximate surface area is 97.1 Å². The van der Waals surface area contributed by atoms with Crippen molar-refractivity contribution in [2.45, 2.75) is 33.2 Å². The number of carbonyl (C=O) groups excluding carboxylic acids is 1. The molecule has 0 radical (unpaired) electrons. The van der Waals surface area contributed by atoms with Crippen molar-refractivity contribution >= 4 is 5.91 Å². The molecule has 1 aromatic rings. The van der Waals surface area contributed by atoms with E-state index in [1.807, 2.05) is 32.0 Å². The number of carbonyl (C=O) groups is 1. The summed E-state index contributed by atoms with van der Waals surface area (Å²) in [7, 11) is 0. The van der Waals surface area contributed by atoms with Gasteiger partial charge in [-0.1, -0.05) is 23.6 Å². The quantitative estimate of drug-likeness (QED) is 0.754. The maximum Gasteiger partial charge on any atom is 0.252 e. The Balaban J connectivity index is 2.95. The molecule has 0 aliphatic heterocycles. The maximum atomic E-state index is 11.9. The van der Waals surface area contributed by atoms with Crippen LogP contribution in [0.25, 0.3) is 0 Å². The summed E-state index contributed by atoms with van der Waals surface area (Å²) >= 11 is 0. The first-order chi connectivity index (χ1) is 7.35. The second-order valence-electron chi connectivity index (χ2n) is 4.54. The molecule has 0 saturated heterocycles. The molecule has 2 nitrogen and oxygen atoms in total. The molecule has 0 aliphatic rings. The van der Waals surface area contributed by atoms with Crippen LogP contribution in [-0.2, 0) is 0 Å². The van der Waals surface area contributed by atoms with Crippen molar-refractivity contribution in [1.82, 2.24) is 5.32 Å². The molecule has 0 fully saturated rings. The minimum absolute atomic E-state index is 0.125. The molecule has 1 aromatic carbocycles. The number of rotatable bonds is 2. The Morgan fingerprint density at radius 2 is 2.00 bits per heavy atom. The van der Waals surface area contributed by atoms with Crippen molar-refractivity contribution < 1.29 is 4.79 Å². The summed E-state index contributed by atoms with van der Waals surface area (Å²) < 4.78 is 0. The van der Waals surface area contributed by atoms with E-state index in [2.05, 4.69) is 11.2 Å². The third-order valence-electron chi connectivity index (χ3n) is 2.41. The number of terminal acetylenes is 1. The molecule has 84 valence electrons. The average Bonchev–Trinajstić information content (AvgIpc) is 2.16. The molecule has 1 N–H and O–H groups in total. The standard InChI is InChI=1S/C14H17NO/c1-6-14(4,5)15-13(16)12-8-7-10(2)9-11(12)3/h1,7-9H,2-5H3,(H,15,16). The van der Waals surface area contributed by atoms with E-state index in [-0.39, 0.29) is 5.91 Å². The highest BCUT2D eigenvalue weighted by atomic mass is 16.1. The van der Waals surface area contributed by atoms with E-state index < -0.39 is 5.54 Å². The molecule has 0 bridgehead atoms. The number of benzene rings is 1. The predicted octanol–water partition coefficient (Wildman–Crippen LogP) is 2.45. The summed E-state index contributed by atoms with van der Waals surface area (Å²) in [6.07, 6.45) is 5.33. The highest BCUT2D eigenvalue weighted by Crippen LogP contribution is 2.12. The van der Waals surface area contributed by atoms with Crippen LogP contribution in [0, 0.1) is 26.2 Å². The summed E-state index contributed by atoms with van der Waals surface area (Å²) in [6, 6.07) is 5.73. The molecule has 1 rings (SSSR count). The Kier molecular flexibility index (Phi) is 3.39. The van der Waals surface area contributed by atoms with Gasteiger partial charge in [0.2, 0.25) is 0 Å². The van der Waals surface area contributed by atoms with Crippen LogP contribution in [0.4, 0.5) is 0 Å². The Morgan fingerprint density at radius 3 is 2.50 bits per heavy atom. The first-order valence-electron chi connectivity index (χ1n) is 5.23. The zero-order valence-corrected chi connectivity index (χ0v) is 10.2. The van der Waals surface area contributed by atoms with Crippen molar-refractivity contribution in [1.29, 1.82) is 0 Å². The number of aryl methyl sites for hydroxylation is 2. The van der Waals surface area contributed by atoms with Crippen LogP contribution in [0.3, 0.4) is 0 Å². The second-order valence-corrected chi connectivity index (χ2v) is 4.54. The van der Waals surface area contributed by atoms with Crippen molar-refractivity contribution in [2.75, 3.05) is 0 Å². The average molecular weight is 215 g/mol. The molecular formula is C14H17NO. The van der Waals surface area contributed by atoms with Gasteiger partial charge in [-0.05, 0) is 39.3 Å². The number of hydrogen-bond donors (Lipinski definition) is 1. The molecule has 0 saturated carbocycles. The maximum absolute atomic E-state index is 11.9. The van der Waals surface area contributed by atoms with Gasteiger partial charge in [0.05, 0.1) is 5.54 Å². The van der Waals surface area contributed by atoms with Crippen LogP contribution in [0.1, 0.15) is 35.3 Å². The third-order valence-corrected chi connectivity index (χ3v) is 2.41. The van der Waals surface area contributed by atoms with Gasteiger partial charge >= 0.3 is 0 Å². The summed E-state index contributed by atoms with van der Waals surface area (Å²) in [5, 5.41) is 2.81. The van der Waals surface area contributed by atoms with Crippen LogP contribution < -0.4 is 5.32 Å². The highest BCUT2D eigenvalue weighted by molar-refractivity contribution is 5.96. The van der Waals surface area contributed by atoms with Gasteiger partial charge in [0.15, 0.2) is 0 Å². The number of amides is 1. The Morgan fingerprint density at radius 1 is 1.38 bits per heavy atom. The van der Waals surface area contributed by atoms with E-state index in [1.165, 1.54) is 0 Å². The summed E-state index contributed by atoms with van der Waals surface area (Å²) in [5.41, 5.74) is 2.17. The monoisotopic (exact) mass is 215 g/mol. The van der Waals surface area contributed by atoms with Crippen molar-refractivity contribution in [3.8, 4) is 12.3 Å². The van der Waals surface area contributed by atoms with Crippen molar-refractivity contribution in [3.05, 3.63) is 34.9 Å². The van der Waals surface area contributed by atoms with E-state index in [4.69, 9.17) is 6.42 Å². The summed E-state index contributed by atoms with van der Waals surface area (Å²) in [4.78, 5) is 11.9. The topological polar surface area (TPSA) is 29.1 Å². The minimum Gasteiger partial charge on any atom is -0.336 e. The third kappa shape index (κ3) is 2.87. The first-order valence-corrected chi connectivity index (χ1v) is 5.23. The van der Waals surface area contributed by atoms with Gasteiger partial charge in [0.25, 0.3) is 5.91 Å². The van der Waals surface area contributed by atoms with E-state index in [0.717, 1.165) is 11.1 Å². The minimum atomic E-state index is -0.617. The summed E-state index contributed by atoms with van der Waals surface area (Å²) in [5.74, 6) is 2.42. The number of nitrogens with one attached hydrogen (secondary N) is 1. The van der Waals surface area contributed by atoms with Gasteiger partial charge in [-0.2, -0.15) is 0 Å². The van der Waals surface area contributed by atoms with Gasteiger partial charge in [-0.3, -0.25) is 4.79 Å². The summed E-state index contributed by atoms with van der Waals surface area (Å²) in [6.45, 7) is 7.52. The van der Waals surface area contributed by atoms with Gasteiger partial charge in [-0.15, -0.1) is 6.42 Å². The van der Waals surface area contributed by atoms with Crippen LogP contribution in [0.5, 0.6) is 0 Å². The molecule has 0 atom stereocenters. The van der Waals surface area contributed by atoms with Crippen LogP contribution in [-0.4, -0.2) is 11.4 Å². The van der Waals surface area contributed by atoms with E-state index >= 15 is 0 Å². The molecule has 0 aromatic heterocycles. The lowest BCUT2D eigenvalue weighted by atomic mass is 10.0. The molecular weight excluding hydrogens is 198 g/mol. The Bertz CT molecular complexity index is 452. The lowest BCUT2D eigenvalue weighted by molar-refractivity contribution is 0.0929. The fraction of sp³-hybridized carbons (Fsp3) is 0.357. The molecule has 1 amide bonds. The molecule has 0 spiro atoms. The molecule has 2 heteroatoms. The van der Waals surface area contributed by atoms with Gasteiger partial charge < -0.3 is 5.32 Å². The normalized spacial score (nSPS) is 10.7. The lowest BCUT2D eigenvalue weighted by Crippen LogP contribution is -2.42. The molecule has 0 unspecified atom stereocenters. The highest BCUT2D eigenvalue weighted by Gasteiger charge is 2.18. The van der Waals surface area contributed by atoms with E-state index in [1.54, 1.807) is 13.8 Å². The van der Waals surface area contributed by atoms with Crippen molar-refractivity contribution in [3.63, 3.8) is 0 Å². The van der Waals surface area contributed by atoms with E-state index in [9.17, 15) is 4.79 Å². The molecule has 16 heavy (non-hydrogen) atoms. The number of hydrogen-bond acceptors (Lipinski definition) is 1. The second kappa shape index (κ2) is 4.40. The fourth-order valence-electron chi connectivity index (χ4n) is 1.46.